The second-order valence-electron chi connectivity index (χ2n) is 5.67. The summed E-state index contributed by atoms with van der Waals surface area (Å²) in [6, 6.07) is 10.9. The molecule has 3 rings (SSSR count). The fourth-order valence-electron chi connectivity index (χ4n) is 2.59. The predicted octanol–water partition coefficient (Wildman–Crippen LogP) is 1.17. The Labute approximate surface area is 166 Å². The molecule has 10 heteroatoms. The quantitative estimate of drug-likeness (QED) is 0.541. The Hall–Kier alpha value is -4.39. The van der Waals surface area contributed by atoms with E-state index in [1.807, 2.05) is 13.1 Å². The molecule has 148 valence electrons. The first-order chi connectivity index (χ1) is 13.9. The Morgan fingerprint density at radius 1 is 1.38 bits per heavy atom. The number of nitrogen functional groups attached to an aromatic ring is 1. The third kappa shape index (κ3) is 4.86. The number of aryl methyl sites for hydroxylation is 1. The molecule has 29 heavy (non-hydrogen) atoms. The number of aromatic nitrogens is 3. The average molecular weight is 394 g/mol. The molecule has 1 amide bonds. The smallest absolute Gasteiger partial charge is 0.290 e. The maximum Gasteiger partial charge on any atom is 0.290 e. The maximum absolute atomic E-state index is 11.0. The highest BCUT2D eigenvalue weighted by Crippen LogP contribution is 2.34. The summed E-state index contributed by atoms with van der Waals surface area (Å²) in [7, 11) is 1.82. The van der Waals surface area contributed by atoms with Crippen LogP contribution in [0.3, 0.4) is 0 Å². The van der Waals surface area contributed by atoms with Gasteiger partial charge in [0.1, 0.15) is 23.2 Å². The van der Waals surface area contributed by atoms with Crippen LogP contribution >= 0.6 is 0 Å². The molecule has 0 saturated carbocycles. The van der Waals surface area contributed by atoms with Gasteiger partial charge in [0.25, 0.3) is 12.4 Å². The van der Waals surface area contributed by atoms with E-state index in [0.29, 0.717) is 22.6 Å². The van der Waals surface area contributed by atoms with Gasteiger partial charge in [-0.3, -0.25) is 9.59 Å². The van der Waals surface area contributed by atoms with E-state index < -0.39 is 5.91 Å². The van der Waals surface area contributed by atoms with E-state index in [1.54, 1.807) is 41.4 Å². The summed E-state index contributed by atoms with van der Waals surface area (Å²) in [6.07, 6.45) is 3.28. The van der Waals surface area contributed by atoms with Crippen LogP contribution < -0.4 is 16.2 Å². The minimum Gasteiger partial charge on any atom is -0.483 e. The summed E-state index contributed by atoms with van der Waals surface area (Å²) >= 11 is 0. The highest BCUT2D eigenvalue weighted by molar-refractivity contribution is 5.80. The van der Waals surface area contributed by atoms with E-state index in [4.69, 9.17) is 26.1 Å². The van der Waals surface area contributed by atoms with E-state index in [2.05, 4.69) is 16.0 Å². The maximum atomic E-state index is 11.0. The predicted molar refractivity (Wildman–Crippen MR) is 104 cm³/mol. The number of pyridine rings is 1. The lowest BCUT2D eigenvalue weighted by Crippen LogP contribution is -2.20. The van der Waals surface area contributed by atoms with Crippen LogP contribution in [0.4, 0.5) is 5.82 Å². The molecule has 0 spiro atoms. The van der Waals surface area contributed by atoms with E-state index in [0.717, 1.165) is 5.69 Å². The number of hydrogen-bond acceptors (Lipinski definition) is 7. The van der Waals surface area contributed by atoms with Crippen molar-refractivity contribution < 1.29 is 19.4 Å². The number of carbonyl (C=O) groups excluding carboxylic acids is 1. The molecule has 0 aliphatic rings. The molecule has 0 saturated heterocycles. The number of carbonyl (C=O) groups is 2. The van der Waals surface area contributed by atoms with E-state index in [-0.39, 0.29) is 24.5 Å². The summed E-state index contributed by atoms with van der Waals surface area (Å²) < 4.78 is 7.25. The number of anilines is 1. The Balaban J connectivity index is 0.000000941. The van der Waals surface area contributed by atoms with E-state index in [9.17, 15) is 10.1 Å². The van der Waals surface area contributed by atoms with Crippen LogP contribution in [-0.4, -0.2) is 38.6 Å². The molecule has 3 aromatic rings. The normalized spacial score (nSPS) is 9.66. The van der Waals surface area contributed by atoms with Crippen molar-refractivity contribution in [3.8, 4) is 34.3 Å². The number of imidazole rings is 1. The van der Waals surface area contributed by atoms with Gasteiger partial charge in [-0.05, 0) is 18.2 Å². The number of benzene rings is 1. The number of nitrogens with zero attached hydrogens (tertiary/aromatic N) is 4. The summed E-state index contributed by atoms with van der Waals surface area (Å²) in [5, 5.41) is 16.4. The lowest BCUT2D eigenvalue weighted by atomic mass is 10.0. The number of ether oxygens (including phenoxy) is 1. The molecular weight excluding hydrogens is 376 g/mol. The number of rotatable bonds is 5. The highest BCUT2D eigenvalue weighted by atomic mass is 16.5. The summed E-state index contributed by atoms with van der Waals surface area (Å²) in [5.41, 5.74) is 13.9. The highest BCUT2D eigenvalue weighted by Gasteiger charge is 2.17. The fourth-order valence-corrected chi connectivity index (χ4v) is 2.59. The molecule has 0 radical (unpaired) electrons. The van der Waals surface area contributed by atoms with Crippen LogP contribution in [-0.2, 0) is 16.6 Å². The molecule has 0 atom stereocenters. The van der Waals surface area contributed by atoms with Crippen LogP contribution in [0.25, 0.3) is 22.5 Å². The van der Waals surface area contributed by atoms with Crippen molar-refractivity contribution in [2.45, 2.75) is 0 Å². The number of hydrogen-bond donors (Lipinski definition) is 3. The SMILES string of the molecule is Cn1cncc1-c1cc(-c2ccccc2OCC(N)=O)nc(N)c1C#N.O=CO. The molecule has 1 aromatic carbocycles. The average Bonchev–Trinajstić information content (AvgIpc) is 3.12. The van der Waals surface area contributed by atoms with Gasteiger partial charge < -0.3 is 25.9 Å². The largest absolute Gasteiger partial charge is 0.483 e. The van der Waals surface area contributed by atoms with Gasteiger partial charge in [0, 0.05) is 18.2 Å². The number of carboxylic acid groups (broad SMARTS) is 1. The van der Waals surface area contributed by atoms with Gasteiger partial charge >= 0.3 is 0 Å². The fraction of sp³-hybridized carbons (Fsp3) is 0.105. The van der Waals surface area contributed by atoms with Crippen LogP contribution in [0.5, 0.6) is 5.75 Å². The number of nitriles is 1. The Morgan fingerprint density at radius 2 is 2.07 bits per heavy atom. The van der Waals surface area contributed by atoms with Crippen molar-refractivity contribution in [2.75, 3.05) is 12.3 Å². The Kier molecular flexibility index (Phi) is 6.86. The summed E-state index contributed by atoms with van der Waals surface area (Å²) in [5.74, 6) is -0.0348. The van der Waals surface area contributed by atoms with Crippen molar-refractivity contribution in [3.63, 3.8) is 0 Å². The lowest BCUT2D eigenvalue weighted by molar-refractivity contribution is -0.123. The standard InChI is InChI=1S/C18H16N6O2.CH2O2/c1-24-10-22-8-15(24)12-6-14(23-18(21)13(12)7-19)11-4-2-3-5-16(11)26-9-17(20)25;2-1-3/h2-6,8,10H,9H2,1H3,(H2,20,25)(H2,21,23);1H,(H,2,3). The molecule has 0 aliphatic carbocycles. The molecule has 0 fully saturated rings. The first-order valence-electron chi connectivity index (χ1n) is 8.18. The second kappa shape index (κ2) is 9.52. The minimum absolute atomic E-state index is 0.103. The van der Waals surface area contributed by atoms with Gasteiger partial charge in [0.2, 0.25) is 0 Å². The minimum atomic E-state index is -0.581. The number of amides is 1. The molecule has 2 aromatic heterocycles. The number of nitrogens with two attached hydrogens (primary N) is 2. The zero-order valence-electron chi connectivity index (χ0n) is 15.4. The van der Waals surface area contributed by atoms with E-state index >= 15 is 0 Å². The first-order valence-corrected chi connectivity index (χ1v) is 8.18. The number of para-hydroxylation sites is 1. The van der Waals surface area contributed by atoms with Crippen molar-refractivity contribution in [1.82, 2.24) is 14.5 Å². The Morgan fingerprint density at radius 3 is 2.66 bits per heavy atom. The van der Waals surface area contributed by atoms with Gasteiger partial charge in [-0.25, -0.2) is 9.97 Å². The molecular formula is C19H18N6O4. The molecule has 0 unspecified atom stereocenters. The second-order valence-corrected chi connectivity index (χ2v) is 5.67. The zero-order chi connectivity index (χ0) is 21.4. The van der Waals surface area contributed by atoms with Crippen molar-refractivity contribution in [2.24, 2.45) is 12.8 Å². The molecule has 2 heterocycles. The van der Waals surface area contributed by atoms with Gasteiger partial charge in [0.05, 0.1) is 23.9 Å². The summed E-state index contributed by atoms with van der Waals surface area (Å²) in [6.45, 7) is -0.503. The van der Waals surface area contributed by atoms with Crippen molar-refractivity contribution in [1.29, 1.82) is 5.26 Å². The lowest BCUT2D eigenvalue weighted by Gasteiger charge is -2.13. The van der Waals surface area contributed by atoms with Crippen LogP contribution in [0, 0.1) is 11.3 Å². The number of primary amides is 1. The van der Waals surface area contributed by atoms with E-state index in [1.165, 1.54) is 0 Å². The molecule has 10 nitrogen and oxygen atoms in total. The first kappa shape index (κ1) is 20.9. The van der Waals surface area contributed by atoms with Gasteiger partial charge in [-0.2, -0.15) is 5.26 Å². The molecule has 0 bridgehead atoms. The third-order valence-corrected chi connectivity index (χ3v) is 3.78. The molecule has 0 aliphatic heterocycles. The van der Waals surface area contributed by atoms with Gasteiger partial charge in [-0.1, -0.05) is 12.1 Å². The van der Waals surface area contributed by atoms with Crippen LogP contribution in [0.1, 0.15) is 5.56 Å². The zero-order valence-corrected chi connectivity index (χ0v) is 15.4. The van der Waals surface area contributed by atoms with Crippen molar-refractivity contribution in [3.05, 3.63) is 48.4 Å². The molecule has 5 N–H and O–H groups in total. The van der Waals surface area contributed by atoms with Crippen LogP contribution in [0.2, 0.25) is 0 Å². The topological polar surface area (TPSA) is 170 Å². The van der Waals surface area contributed by atoms with Crippen LogP contribution in [0.15, 0.2) is 42.9 Å². The summed E-state index contributed by atoms with van der Waals surface area (Å²) in [4.78, 5) is 27.8. The third-order valence-electron chi connectivity index (χ3n) is 3.78. The van der Waals surface area contributed by atoms with Crippen molar-refractivity contribution >= 4 is 18.2 Å². The Bertz CT molecular complexity index is 1070. The van der Waals surface area contributed by atoms with Gasteiger partial charge in [0.15, 0.2) is 6.61 Å². The van der Waals surface area contributed by atoms with Gasteiger partial charge in [-0.15, -0.1) is 0 Å². The monoisotopic (exact) mass is 394 g/mol.